The smallest absolute Gasteiger partial charge is 0.303 e. The molecule has 0 saturated carbocycles. The Bertz CT molecular complexity index is 302. The Morgan fingerprint density at radius 2 is 1.00 bits per heavy atom. The molecule has 0 aliphatic carbocycles. The summed E-state index contributed by atoms with van der Waals surface area (Å²) in [6.45, 7) is 4.72. The molecule has 0 spiro atoms. The molecule has 150 valence electrons. The quantitative estimate of drug-likeness (QED) is 0.214. The van der Waals surface area contributed by atoms with E-state index < -0.39 is 5.97 Å². The second-order valence-electron chi connectivity index (χ2n) is 8.48. The summed E-state index contributed by atoms with van der Waals surface area (Å²) >= 11 is 0. The lowest BCUT2D eigenvalue weighted by Gasteiger charge is -2.30. The van der Waals surface area contributed by atoms with E-state index in [0.29, 0.717) is 6.42 Å². The molecular formula is C22H46NO2+. The predicted molar refractivity (Wildman–Crippen MR) is 109 cm³/mol. The maximum atomic E-state index is 10.5. The number of quaternary nitrogens is 1. The summed E-state index contributed by atoms with van der Waals surface area (Å²) in [5.74, 6) is -0.662. The summed E-state index contributed by atoms with van der Waals surface area (Å²) in [7, 11) is 4.63. The monoisotopic (exact) mass is 356 g/mol. The molecule has 0 fully saturated rings. The Morgan fingerprint density at radius 3 is 1.40 bits per heavy atom. The fourth-order valence-electron chi connectivity index (χ4n) is 3.49. The zero-order chi connectivity index (χ0) is 18.8. The van der Waals surface area contributed by atoms with Gasteiger partial charge >= 0.3 is 5.97 Å². The van der Waals surface area contributed by atoms with Crippen molar-refractivity contribution in [1.82, 2.24) is 0 Å². The molecule has 3 heteroatoms. The van der Waals surface area contributed by atoms with Crippen LogP contribution >= 0.6 is 0 Å². The minimum absolute atomic E-state index is 0.326. The lowest BCUT2D eigenvalue weighted by Crippen LogP contribution is -2.41. The molecular weight excluding hydrogens is 310 g/mol. The number of nitrogens with zero attached hydrogens (tertiary/aromatic N) is 1. The summed E-state index contributed by atoms with van der Waals surface area (Å²) in [6.07, 6.45) is 20.2. The number of carboxylic acid groups (broad SMARTS) is 1. The molecule has 0 aromatic heterocycles. The van der Waals surface area contributed by atoms with E-state index in [4.69, 9.17) is 5.11 Å². The van der Waals surface area contributed by atoms with Gasteiger partial charge in [-0.25, -0.2) is 0 Å². The van der Waals surface area contributed by atoms with Gasteiger partial charge in [0.2, 0.25) is 0 Å². The van der Waals surface area contributed by atoms with E-state index in [1.807, 2.05) is 0 Å². The first-order valence-corrected chi connectivity index (χ1v) is 11.0. The topological polar surface area (TPSA) is 37.3 Å². The van der Waals surface area contributed by atoms with Crippen molar-refractivity contribution in [3.05, 3.63) is 0 Å². The third kappa shape index (κ3) is 19.6. The van der Waals surface area contributed by atoms with Crippen molar-refractivity contribution in [3.63, 3.8) is 0 Å². The SMILES string of the molecule is CCCCCCCCCCCCCC[N+](C)(C)CCCCCC(=O)O. The van der Waals surface area contributed by atoms with E-state index in [9.17, 15) is 4.79 Å². The molecule has 0 aromatic rings. The van der Waals surface area contributed by atoms with Crippen LogP contribution in [0, 0.1) is 0 Å². The molecule has 0 radical (unpaired) electrons. The summed E-state index contributed by atoms with van der Waals surface area (Å²) < 4.78 is 1.09. The van der Waals surface area contributed by atoms with Gasteiger partial charge in [0.05, 0.1) is 27.2 Å². The van der Waals surface area contributed by atoms with Gasteiger partial charge in [0, 0.05) is 6.42 Å². The molecule has 0 saturated heterocycles. The molecule has 1 N–H and O–H groups in total. The van der Waals surface area contributed by atoms with Crippen molar-refractivity contribution < 1.29 is 14.4 Å². The van der Waals surface area contributed by atoms with E-state index in [2.05, 4.69) is 21.0 Å². The zero-order valence-corrected chi connectivity index (χ0v) is 17.5. The van der Waals surface area contributed by atoms with Crippen LogP contribution in [-0.4, -0.2) is 42.7 Å². The van der Waals surface area contributed by atoms with Crippen molar-refractivity contribution in [2.45, 2.75) is 110 Å². The van der Waals surface area contributed by atoms with E-state index in [1.54, 1.807) is 0 Å². The molecule has 0 rings (SSSR count). The van der Waals surface area contributed by atoms with Crippen molar-refractivity contribution >= 4 is 5.97 Å². The number of carbonyl (C=O) groups is 1. The standard InChI is InChI=1S/C22H45NO2/c1-4-5-6-7-8-9-10-11-12-13-14-17-20-23(2,3)21-18-15-16-19-22(24)25/h4-21H2,1-3H3/p+1. The highest BCUT2D eigenvalue weighted by Gasteiger charge is 2.13. The van der Waals surface area contributed by atoms with Crippen LogP contribution in [0.3, 0.4) is 0 Å². The van der Waals surface area contributed by atoms with Gasteiger partial charge in [0.25, 0.3) is 0 Å². The highest BCUT2D eigenvalue weighted by atomic mass is 16.4. The first-order valence-electron chi connectivity index (χ1n) is 11.0. The highest BCUT2D eigenvalue weighted by molar-refractivity contribution is 5.66. The number of hydrogen-bond donors (Lipinski definition) is 1. The van der Waals surface area contributed by atoms with Crippen LogP contribution in [0.15, 0.2) is 0 Å². The average molecular weight is 357 g/mol. The Kier molecular flexibility index (Phi) is 16.5. The highest BCUT2D eigenvalue weighted by Crippen LogP contribution is 2.13. The van der Waals surface area contributed by atoms with E-state index in [-0.39, 0.29) is 0 Å². The summed E-state index contributed by atoms with van der Waals surface area (Å²) in [5.41, 5.74) is 0. The minimum Gasteiger partial charge on any atom is -0.481 e. The number of hydrogen-bond acceptors (Lipinski definition) is 1. The summed E-state index contributed by atoms with van der Waals surface area (Å²) in [5, 5.41) is 8.65. The van der Waals surface area contributed by atoms with Gasteiger partial charge in [-0.15, -0.1) is 0 Å². The minimum atomic E-state index is -0.662. The van der Waals surface area contributed by atoms with Gasteiger partial charge < -0.3 is 9.59 Å². The molecule has 0 heterocycles. The number of carboxylic acids is 1. The molecule has 0 aliphatic heterocycles. The number of unbranched alkanes of at least 4 members (excludes halogenated alkanes) is 13. The number of rotatable bonds is 19. The van der Waals surface area contributed by atoms with E-state index in [1.165, 1.54) is 90.1 Å². The summed E-state index contributed by atoms with van der Waals surface area (Å²) in [6, 6.07) is 0. The molecule has 0 unspecified atom stereocenters. The molecule has 3 nitrogen and oxygen atoms in total. The Labute approximate surface area is 157 Å². The van der Waals surface area contributed by atoms with Gasteiger partial charge in [0.15, 0.2) is 0 Å². The first kappa shape index (κ1) is 24.4. The van der Waals surface area contributed by atoms with Crippen LogP contribution in [0.4, 0.5) is 0 Å². The van der Waals surface area contributed by atoms with Crippen molar-refractivity contribution in [2.75, 3.05) is 27.2 Å². The predicted octanol–water partition coefficient (Wildman–Crippen LogP) is 6.41. The Hall–Kier alpha value is -0.570. The van der Waals surface area contributed by atoms with Crippen LogP contribution in [0.5, 0.6) is 0 Å². The zero-order valence-electron chi connectivity index (χ0n) is 17.5. The number of aliphatic carboxylic acids is 1. The fourth-order valence-corrected chi connectivity index (χ4v) is 3.49. The van der Waals surface area contributed by atoms with Crippen molar-refractivity contribution in [3.8, 4) is 0 Å². The maximum Gasteiger partial charge on any atom is 0.303 e. The molecule has 0 amide bonds. The second-order valence-corrected chi connectivity index (χ2v) is 8.48. The molecule has 25 heavy (non-hydrogen) atoms. The molecule has 0 bridgehead atoms. The van der Waals surface area contributed by atoms with Crippen LogP contribution in [-0.2, 0) is 4.79 Å². The van der Waals surface area contributed by atoms with Gasteiger partial charge in [-0.05, 0) is 32.1 Å². The lowest BCUT2D eigenvalue weighted by atomic mass is 10.1. The Morgan fingerprint density at radius 1 is 0.640 bits per heavy atom. The lowest BCUT2D eigenvalue weighted by molar-refractivity contribution is -0.890. The molecule has 0 aromatic carbocycles. The van der Waals surface area contributed by atoms with Gasteiger partial charge in [-0.1, -0.05) is 71.1 Å². The second kappa shape index (κ2) is 16.9. The van der Waals surface area contributed by atoms with Gasteiger partial charge in [-0.3, -0.25) is 4.79 Å². The van der Waals surface area contributed by atoms with Crippen LogP contribution in [0.1, 0.15) is 110 Å². The normalized spacial score (nSPS) is 11.8. The third-order valence-electron chi connectivity index (χ3n) is 5.27. The Balaban J connectivity index is 3.32. The van der Waals surface area contributed by atoms with Crippen LogP contribution in [0.2, 0.25) is 0 Å². The van der Waals surface area contributed by atoms with Crippen LogP contribution < -0.4 is 0 Å². The van der Waals surface area contributed by atoms with Crippen molar-refractivity contribution in [2.24, 2.45) is 0 Å². The van der Waals surface area contributed by atoms with Gasteiger partial charge in [-0.2, -0.15) is 0 Å². The third-order valence-corrected chi connectivity index (χ3v) is 5.27. The van der Waals surface area contributed by atoms with Gasteiger partial charge in [0.1, 0.15) is 0 Å². The summed E-state index contributed by atoms with van der Waals surface area (Å²) in [4.78, 5) is 10.5. The fraction of sp³-hybridized carbons (Fsp3) is 0.955. The molecule has 0 aliphatic rings. The largest absolute Gasteiger partial charge is 0.481 e. The molecule has 0 atom stereocenters. The van der Waals surface area contributed by atoms with E-state index in [0.717, 1.165) is 23.7 Å². The average Bonchev–Trinajstić information content (AvgIpc) is 2.55. The maximum absolute atomic E-state index is 10.5. The van der Waals surface area contributed by atoms with E-state index >= 15 is 0 Å². The van der Waals surface area contributed by atoms with Crippen molar-refractivity contribution in [1.29, 1.82) is 0 Å². The first-order chi connectivity index (χ1) is 12.0. The van der Waals surface area contributed by atoms with Crippen LogP contribution in [0.25, 0.3) is 0 Å².